The van der Waals surface area contributed by atoms with Crippen LogP contribution in [0.15, 0.2) is 0 Å². The van der Waals surface area contributed by atoms with E-state index in [4.69, 9.17) is 5.73 Å². The fraction of sp³-hybridized carbons (Fsp3) is 0.857. The Balaban J connectivity index is 3.26. The van der Waals surface area contributed by atoms with E-state index in [0.29, 0.717) is 6.42 Å². The van der Waals surface area contributed by atoms with E-state index in [2.05, 4.69) is 6.92 Å². The maximum atomic E-state index is 10.4. The summed E-state index contributed by atoms with van der Waals surface area (Å²) in [4.78, 5) is 10.4. The molecule has 0 spiro atoms. The van der Waals surface area contributed by atoms with Crippen molar-refractivity contribution < 1.29 is 4.79 Å². The molecule has 0 fully saturated rings. The Kier molecular flexibility index (Phi) is 4.32. The predicted molar refractivity (Wildman–Crippen MR) is 38.2 cm³/mol. The Morgan fingerprint density at radius 3 is 2.56 bits per heavy atom. The van der Waals surface area contributed by atoms with Crippen molar-refractivity contribution in [3.05, 3.63) is 0 Å². The van der Waals surface area contributed by atoms with E-state index in [1.807, 2.05) is 0 Å². The van der Waals surface area contributed by atoms with Gasteiger partial charge in [0.2, 0.25) is 0 Å². The summed E-state index contributed by atoms with van der Waals surface area (Å²) in [5, 5.41) is 0. The number of carbonyl (C=O) groups is 1. The molecule has 54 valence electrons. The molecule has 0 aliphatic heterocycles. The van der Waals surface area contributed by atoms with E-state index in [-0.39, 0.29) is 11.8 Å². The Morgan fingerprint density at radius 1 is 1.67 bits per heavy atom. The molecule has 0 amide bonds. The second kappa shape index (κ2) is 4.50. The van der Waals surface area contributed by atoms with Gasteiger partial charge in [0.05, 0.1) is 0 Å². The highest BCUT2D eigenvalue weighted by molar-refractivity contribution is 5.76. The summed E-state index contributed by atoms with van der Waals surface area (Å²) in [6.07, 6.45) is 2.56. The van der Waals surface area contributed by atoms with Gasteiger partial charge in [-0.1, -0.05) is 13.3 Å². The van der Waals surface area contributed by atoms with Crippen LogP contribution >= 0.6 is 0 Å². The molecule has 9 heavy (non-hydrogen) atoms. The molecule has 0 rings (SSSR count). The van der Waals surface area contributed by atoms with Crippen LogP contribution in [0.25, 0.3) is 0 Å². The van der Waals surface area contributed by atoms with Crippen LogP contribution in [-0.2, 0) is 4.79 Å². The minimum Gasteiger partial charge on any atom is -0.327 e. The molecular formula is C7H15NO. The van der Waals surface area contributed by atoms with Gasteiger partial charge in [-0.2, -0.15) is 0 Å². The van der Waals surface area contributed by atoms with Crippen molar-refractivity contribution in [2.45, 2.75) is 39.2 Å². The van der Waals surface area contributed by atoms with Gasteiger partial charge in [-0.3, -0.25) is 4.79 Å². The first-order valence-corrected chi connectivity index (χ1v) is 3.41. The zero-order valence-electron chi connectivity index (χ0n) is 6.18. The monoisotopic (exact) mass is 129 g/mol. The van der Waals surface area contributed by atoms with Crippen LogP contribution in [0.5, 0.6) is 0 Å². The zero-order chi connectivity index (χ0) is 7.28. The largest absolute Gasteiger partial charge is 0.327 e. The van der Waals surface area contributed by atoms with Crippen LogP contribution in [0.1, 0.15) is 33.1 Å². The van der Waals surface area contributed by atoms with E-state index in [9.17, 15) is 4.79 Å². The van der Waals surface area contributed by atoms with Crippen molar-refractivity contribution in [1.29, 1.82) is 0 Å². The van der Waals surface area contributed by atoms with E-state index < -0.39 is 0 Å². The highest BCUT2D eigenvalue weighted by Crippen LogP contribution is 1.97. The lowest BCUT2D eigenvalue weighted by atomic mass is 10.1. The molecule has 0 aromatic heterocycles. The Morgan fingerprint density at radius 2 is 2.22 bits per heavy atom. The third-order valence-electron chi connectivity index (χ3n) is 1.21. The maximum Gasteiger partial charge on any atom is 0.131 e. The molecular weight excluding hydrogens is 114 g/mol. The molecule has 2 heteroatoms. The summed E-state index contributed by atoms with van der Waals surface area (Å²) in [5.74, 6) is 0.191. The molecule has 0 bridgehead atoms. The number of nitrogens with two attached hydrogens (primary N) is 1. The Bertz CT molecular complexity index is 90.9. The van der Waals surface area contributed by atoms with Gasteiger partial charge in [0.1, 0.15) is 5.78 Å². The zero-order valence-corrected chi connectivity index (χ0v) is 6.18. The van der Waals surface area contributed by atoms with Crippen molar-refractivity contribution in [1.82, 2.24) is 0 Å². The maximum absolute atomic E-state index is 10.4. The lowest BCUT2D eigenvalue weighted by Gasteiger charge is -2.05. The highest BCUT2D eigenvalue weighted by Gasteiger charge is 2.02. The number of hydrogen-bond donors (Lipinski definition) is 1. The lowest BCUT2D eigenvalue weighted by Crippen LogP contribution is -2.22. The van der Waals surface area contributed by atoms with Crippen molar-refractivity contribution in [2.24, 2.45) is 5.73 Å². The Labute approximate surface area is 56.4 Å². The molecule has 0 aromatic carbocycles. The molecule has 0 aliphatic rings. The van der Waals surface area contributed by atoms with Gasteiger partial charge in [-0.25, -0.2) is 0 Å². The van der Waals surface area contributed by atoms with Crippen molar-refractivity contribution in [3.63, 3.8) is 0 Å². The summed E-state index contributed by atoms with van der Waals surface area (Å²) >= 11 is 0. The van der Waals surface area contributed by atoms with Gasteiger partial charge < -0.3 is 5.73 Å². The summed E-state index contributed by atoms with van der Waals surface area (Å²) < 4.78 is 0. The van der Waals surface area contributed by atoms with E-state index in [1.54, 1.807) is 6.92 Å². The first-order chi connectivity index (χ1) is 4.16. The Hall–Kier alpha value is -0.370. The number of carbonyl (C=O) groups excluding carboxylic acids is 1. The molecule has 0 saturated heterocycles. The van der Waals surface area contributed by atoms with E-state index in [0.717, 1.165) is 12.8 Å². The molecule has 0 aliphatic carbocycles. The minimum absolute atomic E-state index is 0.0903. The normalized spacial score (nSPS) is 13.2. The van der Waals surface area contributed by atoms with Gasteiger partial charge in [0, 0.05) is 12.5 Å². The van der Waals surface area contributed by atoms with Gasteiger partial charge >= 0.3 is 0 Å². The second-order valence-electron chi connectivity index (χ2n) is 2.45. The van der Waals surface area contributed by atoms with Crippen LogP contribution in [0.3, 0.4) is 0 Å². The number of Topliss-reactive ketones (excluding diaryl/α,β-unsaturated/α-hetero) is 1. The second-order valence-corrected chi connectivity index (χ2v) is 2.45. The molecule has 0 heterocycles. The molecule has 0 aromatic rings. The molecule has 0 radical (unpaired) electrons. The average Bonchev–Trinajstić information content (AvgIpc) is 1.63. The van der Waals surface area contributed by atoms with Crippen molar-refractivity contribution in [3.8, 4) is 0 Å². The highest BCUT2D eigenvalue weighted by atomic mass is 16.1. The summed E-state index contributed by atoms with van der Waals surface area (Å²) in [6.45, 7) is 3.65. The molecule has 0 saturated carbocycles. The van der Waals surface area contributed by atoms with Gasteiger partial charge in [-0.15, -0.1) is 0 Å². The molecule has 2 N–H and O–H groups in total. The average molecular weight is 129 g/mol. The predicted octanol–water partition coefficient (Wildman–Crippen LogP) is 1.09. The van der Waals surface area contributed by atoms with Crippen LogP contribution in [0.4, 0.5) is 0 Å². The van der Waals surface area contributed by atoms with Crippen molar-refractivity contribution >= 4 is 5.78 Å². The van der Waals surface area contributed by atoms with Gasteiger partial charge in [0.25, 0.3) is 0 Å². The van der Waals surface area contributed by atoms with Crippen LogP contribution in [-0.4, -0.2) is 11.8 Å². The fourth-order valence-corrected chi connectivity index (χ4v) is 0.842. The number of hydrogen-bond acceptors (Lipinski definition) is 2. The van der Waals surface area contributed by atoms with Crippen molar-refractivity contribution in [2.75, 3.05) is 0 Å². The van der Waals surface area contributed by atoms with Crippen LogP contribution in [0.2, 0.25) is 0 Å². The fourth-order valence-electron chi connectivity index (χ4n) is 0.842. The standard InChI is InChI=1S/C7H15NO/c1-3-4-7(8)5-6(2)9/h7H,3-5,8H2,1-2H3/t7-/m1/s1. The van der Waals surface area contributed by atoms with E-state index >= 15 is 0 Å². The lowest BCUT2D eigenvalue weighted by molar-refractivity contribution is -0.117. The first kappa shape index (κ1) is 8.63. The number of rotatable bonds is 4. The quantitative estimate of drug-likeness (QED) is 0.617. The van der Waals surface area contributed by atoms with Crippen LogP contribution in [0, 0.1) is 0 Å². The van der Waals surface area contributed by atoms with Gasteiger partial charge in [-0.05, 0) is 13.3 Å². The number of ketones is 1. The van der Waals surface area contributed by atoms with Gasteiger partial charge in [0.15, 0.2) is 0 Å². The third-order valence-corrected chi connectivity index (χ3v) is 1.21. The molecule has 2 nitrogen and oxygen atoms in total. The molecule has 1 atom stereocenters. The summed E-state index contributed by atoms with van der Waals surface area (Å²) in [5.41, 5.74) is 5.56. The SMILES string of the molecule is CCC[C@@H](N)CC(C)=O. The summed E-state index contributed by atoms with van der Waals surface area (Å²) in [7, 11) is 0. The summed E-state index contributed by atoms with van der Waals surface area (Å²) in [6, 6.07) is 0.0903. The first-order valence-electron chi connectivity index (χ1n) is 3.41. The molecule has 0 unspecified atom stereocenters. The third kappa shape index (κ3) is 5.50. The van der Waals surface area contributed by atoms with E-state index in [1.165, 1.54) is 0 Å². The topological polar surface area (TPSA) is 43.1 Å². The smallest absolute Gasteiger partial charge is 0.131 e. The van der Waals surface area contributed by atoms with Crippen LogP contribution < -0.4 is 5.73 Å². The minimum atomic E-state index is 0.0903.